The van der Waals surface area contributed by atoms with E-state index in [1.165, 1.54) is 25.5 Å². The molecule has 15 atom stereocenters. The van der Waals surface area contributed by atoms with Crippen LogP contribution < -0.4 is 0 Å². The number of carbonyl (C=O) groups excluding carboxylic acids is 7. The largest absolute Gasteiger partial charge is 0.472 e. The lowest BCUT2D eigenvalue weighted by Crippen LogP contribution is -2.98. The van der Waals surface area contributed by atoms with Crippen molar-refractivity contribution in [2.24, 2.45) is 28.1 Å². The number of hydrogen-bond donors (Lipinski definition) is 1. The predicted octanol–water partition coefficient (Wildman–Crippen LogP) is 1.49. The van der Waals surface area contributed by atoms with Crippen molar-refractivity contribution in [2.45, 2.75) is 134 Å². The Morgan fingerprint density at radius 1 is 0.862 bits per heavy atom. The smallest absolute Gasteiger partial charge is 0.306 e. The van der Waals surface area contributed by atoms with Gasteiger partial charge in [0.1, 0.15) is 36.1 Å². The average molecular weight is 819 g/mol. The lowest BCUT2D eigenvalue weighted by Gasteiger charge is -2.78. The van der Waals surface area contributed by atoms with Crippen molar-refractivity contribution in [1.82, 2.24) is 0 Å². The van der Waals surface area contributed by atoms with Gasteiger partial charge in [-0.15, -0.1) is 0 Å². The van der Waals surface area contributed by atoms with E-state index in [2.05, 4.69) is 0 Å². The third-order valence-corrected chi connectivity index (χ3v) is 14.3. The minimum atomic E-state index is -2.48. The van der Waals surface area contributed by atoms with Gasteiger partial charge in [-0.25, -0.2) is 0 Å². The molecule has 3 aliphatic heterocycles. The molecule has 1 aromatic rings. The van der Waals surface area contributed by atoms with Crippen LogP contribution in [0, 0.1) is 28.1 Å². The van der Waals surface area contributed by atoms with Crippen molar-refractivity contribution in [3.63, 3.8) is 0 Å². The number of hydrogen-bond acceptors (Lipinski definition) is 19. The van der Waals surface area contributed by atoms with E-state index in [0.717, 1.165) is 41.7 Å². The van der Waals surface area contributed by atoms with E-state index < -0.39 is 148 Å². The Bertz CT molecular complexity index is 2010. The second-order valence-corrected chi connectivity index (χ2v) is 17.2. The van der Waals surface area contributed by atoms with Crippen LogP contribution in [0.25, 0.3) is 0 Å². The molecule has 8 rings (SSSR count). The number of furan rings is 1. The van der Waals surface area contributed by atoms with Gasteiger partial charge in [-0.3, -0.25) is 33.6 Å². The number of ether oxygens (including phenoxy) is 10. The van der Waals surface area contributed by atoms with Crippen LogP contribution in [0.3, 0.4) is 0 Å². The summed E-state index contributed by atoms with van der Waals surface area (Å²) in [4.78, 5) is 95.1. The maximum Gasteiger partial charge on any atom is 0.306 e. The van der Waals surface area contributed by atoms with E-state index in [4.69, 9.17) is 51.8 Å². The zero-order valence-electron chi connectivity index (χ0n) is 33.4. The third-order valence-electron chi connectivity index (χ3n) is 14.3. The van der Waals surface area contributed by atoms with E-state index in [-0.39, 0.29) is 12.0 Å². The van der Waals surface area contributed by atoms with Crippen molar-refractivity contribution in [3.05, 3.63) is 24.2 Å². The Labute approximate surface area is 331 Å². The van der Waals surface area contributed by atoms with E-state index in [1.54, 1.807) is 13.8 Å². The average Bonchev–Trinajstić information content (AvgIpc) is 3.82. The summed E-state index contributed by atoms with van der Waals surface area (Å²) in [6, 6.07) is 1.51. The molecule has 0 radical (unpaired) electrons. The van der Waals surface area contributed by atoms with Gasteiger partial charge < -0.3 is 56.9 Å². The van der Waals surface area contributed by atoms with Crippen molar-refractivity contribution < 1.29 is 90.5 Å². The van der Waals surface area contributed by atoms with E-state index >= 15 is 0 Å². The Morgan fingerprint density at radius 2 is 1.52 bits per heavy atom. The summed E-state index contributed by atoms with van der Waals surface area (Å²) in [6.45, 7) is 9.31. The number of cyclic esters (lactones) is 1. The molecule has 4 heterocycles. The Hall–Kier alpha value is -4.59. The van der Waals surface area contributed by atoms with Gasteiger partial charge in [-0.2, -0.15) is 0 Å². The first-order valence-corrected chi connectivity index (χ1v) is 18.9. The van der Waals surface area contributed by atoms with Crippen molar-refractivity contribution in [3.8, 4) is 0 Å². The molecule has 0 aromatic carbocycles. The monoisotopic (exact) mass is 818 g/mol. The molecule has 1 aromatic heterocycles. The van der Waals surface area contributed by atoms with Gasteiger partial charge in [-0.05, 0) is 18.4 Å². The molecular formula is C39H46O19. The summed E-state index contributed by atoms with van der Waals surface area (Å²) < 4.78 is 69.1. The highest BCUT2D eigenvalue weighted by Crippen LogP contribution is 2.90. The van der Waals surface area contributed by atoms with Crippen molar-refractivity contribution in [1.29, 1.82) is 0 Å². The molecule has 7 fully saturated rings. The predicted molar refractivity (Wildman–Crippen MR) is 183 cm³/mol. The topological polar surface area (TPSA) is 245 Å². The molecule has 316 valence electrons. The molecule has 19 nitrogen and oxygen atoms in total. The molecule has 58 heavy (non-hydrogen) atoms. The molecule has 19 heteroatoms. The van der Waals surface area contributed by atoms with Gasteiger partial charge in [0.15, 0.2) is 17.8 Å². The van der Waals surface area contributed by atoms with E-state index in [0.29, 0.717) is 0 Å². The number of aliphatic hydroxyl groups is 1. The maximum absolute atomic E-state index is 14.2. The van der Waals surface area contributed by atoms with Crippen LogP contribution in [0.2, 0.25) is 0 Å². The number of rotatable bonds is 9. The Morgan fingerprint density at radius 3 is 2.09 bits per heavy atom. The van der Waals surface area contributed by atoms with Crippen LogP contribution in [0.15, 0.2) is 23.0 Å². The first-order valence-electron chi connectivity index (χ1n) is 18.9. The van der Waals surface area contributed by atoms with Gasteiger partial charge in [0.2, 0.25) is 5.60 Å². The summed E-state index contributed by atoms with van der Waals surface area (Å²) in [7, 11) is 1.15. The molecule has 4 bridgehead atoms. The van der Waals surface area contributed by atoms with E-state index in [1.807, 2.05) is 0 Å². The highest BCUT2D eigenvalue weighted by molar-refractivity contribution is 5.76. The number of fused-ring (bicyclic) bond motifs is 3. The molecule has 1 unspecified atom stereocenters. The minimum absolute atomic E-state index is 0.276. The molecule has 7 aliphatic rings. The van der Waals surface area contributed by atoms with Gasteiger partial charge in [0.25, 0.3) is 5.97 Å². The second-order valence-electron chi connectivity index (χ2n) is 17.2. The van der Waals surface area contributed by atoms with Gasteiger partial charge >= 0.3 is 41.8 Å². The lowest BCUT2D eigenvalue weighted by atomic mass is 9.32. The van der Waals surface area contributed by atoms with Gasteiger partial charge in [0.05, 0.1) is 36.9 Å². The SMILES string of the molecule is COC(=O)C[C@H]1[C@]2(C)C[C@@]34OC5(C)O[C@]6([C@@H]7CC(=O)O[C@@H](c8ccoc8)[C@]7(C)[C@@H](OC(C)=O)[C@@H](O)[C@]6(O5)[C@]13COC(C)=O)[C@H](OC(C)=O)[C@@]4(OC(C)=O)[C@H]2OC(C)=O. The quantitative estimate of drug-likeness (QED) is 0.274. The zero-order valence-corrected chi connectivity index (χ0v) is 33.4. The van der Waals surface area contributed by atoms with Crippen molar-refractivity contribution in [2.75, 3.05) is 13.7 Å². The number of esters is 7. The van der Waals surface area contributed by atoms with Crippen molar-refractivity contribution >= 4 is 41.8 Å². The highest BCUT2D eigenvalue weighted by atomic mass is 16.9. The highest BCUT2D eigenvalue weighted by Gasteiger charge is 3.08. The second kappa shape index (κ2) is 12.2. The summed E-state index contributed by atoms with van der Waals surface area (Å²) in [5.41, 5.74) is -14.8. The Kier molecular flexibility index (Phi) is 8.48. The Balaban J connectivity index is 1.60. The van der Waals surface area contributed by atoms with E-state index in [9.17, 15) is 38.7 Å². The zero-order chi connectivity index (χ0) is 42.4. The summed E-state index contributed by atoms with van der Waals surface area (Å²) in [6.07, 6.45) is -7.56. The molecule has 2 spiro atoms. The normalized spacial score (nSPS) is 47.2. The first-order chi connectivity index (χ1) is 27.0. The first kappa shape index (κ1) is 40.2. The van der Waals surface area contributed by atoms with Crippen LogP contribution in [0.1, 0.15) is 86.3 Å². The van der Waals surface area contributed by atoms with Crippen LogP contribution >= 0.6 is 0 Å². The molecule has 4 aliphatic carbocycles. The summed E-state index contributed by atoms with van der Waals surface area (Å²) in [5.74, 6) is -11.1. The molecular weight excluding hydrogens is 772 g/mol. The number of methoxy groups -OCH3 is 1. The van der Waals surface area contributed by atoms with Crippen LogP contribution in [0.4, 0.5) is 0 Å². The fourth-order valence-corrected chi connectivity index (χ4v) is 13.4. The minimum Gasteiger partial charge on any atom is -0.472 e. The maximum atomic E-state index is 14.2. The van der Waals surface area contributed by atoms with Crippen LogP contribution in [-0.4, -0.2) is 113 Å². The van der Waals surface area contributed by atoms with Crippen LogP contribution in [0.5, 0.6) is 0 Å². The third kappa shape index (κ3) is 4.34. The van der Waals surface area contributed by atoms with Gasteiger partial charge in [0, 0.05) is 64.9 Å². The molecule has 0 amide bonds. The molecule has 1 N–H and O–H groups in total. The summed E-state index contributed by atoms with van der Waals surface area (Å²) in [5, 5.41) is 13.6. The molecule has 4 saturated carbocycles. The standard InChI is InChI=1S/C39H46O19/c1-17(40)50-16-35-23(12-25(45)48-9)32(6)15-36(35)38(55-21(5)44,30(32)52-19(3)42)31(53-20(4)43)37-24-13-26(46)54-28(22-10-11-49-14-22)33(24,7)29(51-18(2)41)27(47)39(35,37)58-34(8,56-36)57-37/h10-11,14,23-24,27-31,47H,12-13,15-16H2,1-9H3/t23-,24+,27+,28-,29-,30-,31-,32-,33+,34?,35+,36+,37+,38-,39-/m0/s1. The van der Waals surface area contributed by atoms with Crippen LogP contribution in [-0.2, 0) is 80.9 Å². The fraction of sp³-hybridized carbons (Fsp3) is 0.718. The number of aliphatic hydroxyl groups excluding tert-OH is 1. The lowest BCUT2D eigenvalue weighted by molar-refractivity contribution is -0.496. The van der Waals surface area contributed by atoms with Gasteiger partial charge in [-0.1, -0.05) is 13.8 Å². The fourth-order valence-electron chi connectivity index (χ4n) is 13.4. The molecule has 3 saturated heterocycles. The number of carbonyl (C=O) groups is 7. The summed E-state index contributed by atoms with van der Waals surface area (Å²) >= 11 is 0.